The van der Waals surface area contributed by atoms with E-state index in [9.17, 15) is 0 Å². The molecule has 1 fully saturated rings. The number of rotatable bonds is 4. The maximum atomic E-state index is 2.71. The first-order valence-corrected chi connectivity index (χ1v) is 6.82. The molecule has 0 radical (unpaired) electrons. The summed E-state index contributed by atoms with van der Waals surface area (Å²) in [5.74, 6) is 2.62. The van der Waals surface area contributed by atoms with Crippen LogP contribution in [0.25, 0.3) is 0 Å². The summed E-state index contributed by atoms with van der Waals surface area (Å²) in [6.45, 7) is 14.6. The highest BCUT2D eigenvalue weighted by atomic mass is 15.2. The Kier molecular flexibility index (Phi) is 5.11. The zero-order valence-electron chi connectivity index (χ0n) is 11.3. The average molecular weight is 211 g/mol. The summed E-state index contributed by atoms with van der Waals surface area (Å²) in [4.78, 5) is 2.71. The second-order valence-corrected chi connectivity index (χ2v) is 5.64. The van der Waals surface area contributed by atoms with Crippen LogP contribution in [0.2, 0.25) is 0 Å². The second kappa shape index (κ2) is 5.89. The lowest BCUT2D eigenvalue weighted by atomic mass is 9.76. The van der Waals surface area contributed by atoms with Crippen LogP contribution < -0.4 is 0 Å². The Morgan fingerprint density at radius 2 is 1.67 bits per heavy atom. The molecule has 4 atom stereocenters. The average Bonchev–Trinajstić information content (AvgIpc) is 2.23. The van der Waals surface area contributed by atoms with Crippen molar-refractivity contribution in [2.75, 3.05) is 13.1 Å². The van der Waals surface area contributed by atoms with Crippen LogP contribution in [0.1, 0.15) is 53.9 Å². The van der Waals surface area contributed by atoms with Gasteiger partial charge in [-0.25, -0.2) is 0 Å². The van der Waals surface area contributed by atoms with Crippen molar-refractivity contribution in [3.8, 4) is 0 Å². The van der Waals surface area contributed by atoms with Crippen molar-refractivity contribution < 1.29 is 0 Å². The third-order valence-corrected chi connectivity index (χ3v) is 4.64. The molecule has 4 unspecified atom stereocenters. The molecular formula is C14H29N. The van der Waals surface area contributed by atoms with Gasteiger partial charge in [0.1, 0.15) is 0 Å². The highest BCUT2D eigenvalue weighted by molar-refractivity contribution is 4.86. The molecule has 15 heavy (non-hydrogen) atoms. The third-order valence-electron chi connectivity index (χ3n) is 4.64. The summed E-state index contributed by atoms with van der Waals surface area (Å²) in [5, 5.41) is 0. The lowest BCUT2D eigenvalue weighted by Crippen LogP contribution is -2.49. The van der Waals surface area contributed by atoms with Crippen molar-refractivity contribution in [3.63, 3.8) is 0 Å². The van der Waals surface area contributed by atoms with Crippen LogP contribution in [0.5, 0.6) is 0 Å². The van der Waals surface area contributed by atoms with Gasteiger partial charge in [0.25, 0.3) is 0 Å². The molecule has 1 aliphatic rings. The van der Waals surface area contributed by atoms with Crippen molar-refractivity contribution in [3.05, 3.63) is 0 Å². The maximum absolute atomic E-state index is 2.71. The quantitative estimate of drug-likeness (QED) is 0.640. The van der Waals surface area contributed by atoms with Crippen LogP contribution >= 0.6 is 0 Å². The fourth-order valence-electron chi connectivity index (χ4n) is 2.85. The Bertz CT molecular complexity index is 178. The van der Waals surface area contributed by atoms with Crippen LogP contribution in [0.3, 0.4) is 0 Å². The zero-order chi connectivity index (χ0) is 11.4. The number of likely N-dealkylation sites (tertiary alicyclic amines) is 1. The zero-order valence-corrected chi connectivity index (χ0v) is 11.3. The highest BCUT2D eigenvalue weighted by Crippen LogP contribution is 2.32. The van der Waals surface area contributed by atoms with Gasteiger partial charge in [0.05, 0.1) is 0 Å². The molecule has 0 aliphatic carbocycles. The van der Waals surface area contributed by atoms with Crippen LogP contribution in [-0.2, 0) is 0 Å². The van der Waals surface area contributed by atoms with Crippen molar-refractivity contribution in [2.45, 2.75) is 59.9 Å². The summed E-state index contributed by atoms with van der Waals surface area (Å²) < 4.78 is 0. The van der Waals surface area contributed by atoms with Gasteiger partial charge >= 0.3 is 0 Å². The van der Waals surface area contributed by atoms with E-state index in [-0.39, 0.29) is 0 Å². The molecule has 1 nitrogen and oxygen atoms in total. The molecule has 0 spiro atoms. The molecular weight excluding hydrogens is 182 g/mol. The minimum Gasteiger partial charge on any atom is -0.300 e. The third kappa shape index (κ3) is 3.21. The molecule has 1 aliphatic heterocycles. The first-order valence-electron chi connectivity index (χ1n) is 6.82. The number of unbranched alkanes of at least 4 members (excludes halogenated alkanes) is 2. The second-order valence-electron chi connectivity index (χ2n) is 5.64. The van der Waals surface area contributed by atoms with Gasteiger partial charge in [-0.3, -0.25) is 0 Å². The van der Waals surface area contributed by atoms with Gasteiger partial charge in [-0.1, -0.05) is 40.5 Å². The van der Waals surface area contributed by atoms with E-state index in [1.165, 1.54) is 32.4 Å². The monoisotopic (exact) mass is 211 g/mol. The van der Waals surface area contributed by atoms with Gasteiger partial charge in [-0.05, 0) is 37.6 Å². The lowest BCUT2D eigenvalue weighted by Gasteiger charge is -2.45. The number of nitrogens with zero attached hydrogens (tertiary/aromatic N) is 1. The molecule has 0 saturated carbocycles. The number of piperidine rings is 1. The normalized spacial score (nSPS) is 38.2. The SMILES string of the molecule is CCCCCN1CC(C)C(C)C(C)C1C. The van der Waals surface area contributed by atoms with E-state index < -0.39 is 0 Å². The first kappa shape index (κ1) is 13.0. The molecule has 0 aromatic heterocycles. The molecule has 0 bridgehead atoms. The molecule has 1 heteroatoms. The standard InChI is InChI=1S/C14H29N/c1-6-7-8-9-15-10-11(2)12(3)13(4)14(15)5/h11-14H,6-10H2,1-5H3. The van der Waals surface area contributed by atoms with E-state index in [0.717, 1.165) is 23.8 Å². The molecule has 0 amide bonds. The Labute approximate surface area is 96.2 Å². The molecule has 1 saturated heterocycles. The number of hydrogen-bond acceptors (Lipinski definition) is 1. The molecule has 0 aromatic carbocycles. The molecule has 1 rings (SSSR count). The minimum absolute atomic E-state index is 0.785. The van der Waals surface area contributed by atoms with Gasteiger partial charge < -0.3 is 4.90 Å². The van der Waals surface area contributed by atoms with Crippen molar-refractivity contribution in [2.24, 2.45) is 17.8 Å². The summed E-state index contributed by atoms with van der Waals surface area (Å²) in [6.07, 6.45) is 4.11. The van der Waals surface area contributed by atoms with Gasteiger partial charge in [0, 0.05) is 12.6 Å². The predicted molar refractivity (Wildman–Crippen MR) is 68.1 cm³/mol. The van der Waals surface area contributed by atoms with E-state index >= 15 is 0 Å². The van der Waals surface area contributed by atoms with E-state index in [1.54, 1.807) is 0 Å². The summed E-state index contributed by atoms with van der Waals surface area (Å²) in [5.41, 5.74) is 0. The summed E-state index contributed by atoms with van der Waals surface area (Å²) in [6, 6.07) is 0.785. The summed E-state index contributed by atoms with van der Waals surface area (Å²) in [7, 11) is 0. The van der Waals surface area contributed by atoms with Gasteiger partial charge in [0.15, 0.2) is 0 Å². The van der Waals surface area contributed by atoms with Gasteiger partial charge in [-0.2, -0.15) is 0 Å². The van der Waals surface area contributed by atoms with Crippen LogP contribution in [0.4, 0.5) is 0 Å². The molecule has 1 heterocycles. The molecule has 0 N–H and O–H groups in total. The van der Waals surface area contributed by atoms with Crippen molar-refractivity contribution in [1.29, 1.82) is 0 Å². The Morgan fingerprint density at radius 3 is 2.27 bits per heavy atom. The van der Waals surface area contributed by atoms with Crippen molar-refractivity contribution in [1.82, 2.24) is 4.90 Å². The smallest absolute Gasteiger partial charge is 0.00953 e. The Hall–Kier alpha value is -0.0400. The molecule has 90 valence electrons. The topological polar surface area (TPSA) is 3.24 Å². The Balaban J connectivity index is 2.43. The Morgan fingerprint density at radius 1 is 1.00 bits per heavy atom. The largest absolute Gasteiger partial charge is 0.300 e. The van der Waals surface area contributed by atoms with Gasteiger partial charge in [-0.15, -0.1) is 0 Å². The van der Waals surface area contributed by atoms with E-state index in [0.29, 0.717) is 0 Å². The fourth-order valence-corrected chi connectivity index (χ4v) is 2.85. The van der Waals surface area contributed by atoms with Crippen LogP contribution in [0.15, 0.2) is 0 Å². The lowest BCUT2D eigenvalue weighted by molar-refractivity contribution is 0.0342. The van der Waals surface area contributed by atoms with Crippen molar-refractivity contribution >= 4 is 0 Å². The summed E-state index contributed by atoms with van der Waals surface area (Å²) >= 11 is 0. The maximum Gasteiger partial charge on any atom is 0.00953 e. The van der Waals surface area contributed by atoms with E-state index in [2.05, 4.69) is 39.5 Å². The fraction of sp³-hybridized carbons (Fsp3) is 1.00. The van der Waals surface area contributed by atoms with Gasteiger partial charge in [0.2, 0.25) is 0 Å². The van der Waals surface area contributed by atoms with Crippen LogP contribution in [-0.4, -0.2) is 24.0 Å². The van der Waals surface area contributed by atoms with Crippen LogP contribution in [0, 0.1) is 17.8 Å². The van der Waals surface area contributed by atoms with E-state index in [4.69, 9.17) is 0 Å². The molecule has 0 aromatic rings. The first-order chi connectivity index (χ1) is 7.07. The predicted octanol–water partition coefficient (Wildman–Crippen LogP) is 3.79. The van der Waals surface area contributed by atoms with E-state index in [1.807, 2.05) is 0 Å². The number of hydrogen-bond donors (Lipinski definition) is 0. The minimum atomic E-state index is 0.785. The highest BCUT2D eigenvalue weighted by Gasteiger charge is 2.33.